The number of rotatable bonds is 3. The SMILES string of the molecule is CCCN1C[C@@H](NC(=O)C(C)(C)C)C[C@@H]2c3cccc4[nH]c(Cl)c(c34)C[C@H]21. The molecule has 2 N–H and O–H groups in total. The molecule has 1 aromatic heterocycles. The van der Waals surface area contributed by atoms with E-state index in [-0.39, 0.29) is 17.4 Å². The molecule has 4 rings (SSSR count). The minimum Gasteiger partial charge on any atom is -0.352 e. The Labute approximate surface area is 166 Å². The van der Waals surface area contributed by atoms with Gasteiger partial charge in [-0.05, 0) is 43.0 Å². The third-order valence-corrected chi connectivity index (χ3v) is 6.50. The number of carbonyl (C=O) groups excluding carboxylic acids is 1. The summed E-state index contributed by atoms with van der Waals surface area (Å²) in [5.74, 6) is 0.570. The van der Waals surface area contributed by atoms with Gasteiger partial charge in [-0.2, -0.15) is 0 Å². The van der Waals surface area contributed by atoms with Gasteiger partial charge in [0.2, 0.25) is 5.91 Å². The molecule has 0 saturated carbocycles. The molecule has 1 saturated heterocycles. The smallest absolute Gasteiger partial charge is 0.225 e. The first kappa shape index (κ1) is 18.8. The van der Waals surface area contributed by atoms with Gasteiger partial charge < -0.3 is 10.3 Å². The molecule has 1 amide bonds. The van der Waals surface area contributed by atoms with E-state index in [9.17, 15) is 4.79 Å². The number of amides is 1. The molecule has 27 heavy (non-hydrogen) atoms. The van der Waals surface area contributed by atoms with Gasteiger partial charge >= 0.3 is 0 Å². The number of hydrogen-bond acceptors (Lipinski definition) is 2. The topological polar surface area (TPSA) is 48.1 Å². The molecule has 1 fully saturated rings. The molecule has 1 aliphatic heterocycles. The van der Waals surface area contributed by atoms with E-state index in [1.807, 2.05) is 20.8 Å². The van der Waals surface area contributed by atoms with Crippen molar-refractivity contribution in [3.63, 3.8) is 0 Å². The lowest BCUT2D eigenvalue weighted by atomic mass is 9.73. The molecule has 2 heterocycles. The van der Waals surface area contributed by atoms with Gasteiger partial charge in [-0.25, -0.2) is 0 Å². The van der Waals surface area contributed by atoms with Crippen molar-refractivity contribution in [2.45, 2.75) is 65.0 Å². The number of carbonyl (C=O) groups is 1. The number of nitrogens with one attached hydrogen (secondary N) is 2. The van der Waals surface area contributed by atoms with Gasteiger partial charge in [-0.1, -0.05) is 51.4 Å². The number of likely N-dealkylation sites (tertiary alicyclic amines) is 1. The van der Waals surface area contributed by atoms with Crippen LogP contribution in [0, 0.1) is 5.41 Å². The Morgan fingerprint density at radius 3 is 2.85 bits per heavy atom. The zero-order valence-electron chi connectivity index (χ0n) is 16.7. The summed E-state index contributed by atoms with van der Waals surface area (Å²) in [5.41, 5.74) is 3.42. The number of halogens is 1. The fraction of sp³-hybridized carbons (Fsp3) is 0.591. The highest BCUT2D eigenvalue weighted by atomic mass is 35.5. The number of aromatic nitrogens is 1. The summed E-state index contributed by atoms with van der Waals surface area (Å²) < 4.78 is 0. The standard InChI is InChI=1S/C22H30ClN3O/c1-5-9-26-12-13(24-21(27)22(2,3)4)10-15-14-7-6-8-17-19(14)16(11-18(15)26)20(23)25-17/h6-8,13,15,18,25H,5,9-12H2,1-4H3,(H,24,27)/t13-,15+,18+/m0/s1. The Hall–Kier alpha value is -1.52. The molecule has 0 bridgehead atoms. The monoisotopic (exact) mass is 387 g/mol. The number of aromatic amines is 1. The lowest BCUT2D eigenvalue weighted by Crippen LogP contribution is -2.57. The normalized spacial score (nSPS) is 25.4. The minimum absolute atomic E-state index is 0.141. The van der Waals surface area contributed by atoms with Crippen LogP contribution >= 0.6 is 11.6 Å². The van der Waals surface area contributed by atoms with E-state index in [0.29, 0.717) is 12.0 Å². The minimum atomic E-state index is -0.361. The fourth-order valence-corrected chi connectivity index (χ4v) is 5.17. The average Bonchev–Trinajstić information content (AvgIpc) is 2.92. The van der Waals surface area contributed by atoms with Gasteiger partial charge in [0.15, 0.2) is 0 Å². The van der Waals surface area contributed by atoms with Crippen LogP contribution in [0.4, 0.5) is 0 Å². The Bertz CT molecular complexity index is 866. The highest BCUT2D eigenvalue weighted by Gasteiger charge is 2.42. The summed E-state index contributed by atoms with van der Waals surface area (Å²) in [5, 5.41) is 5.42. The van der Waals surface area contributed by atoms with E-state index >= 15 is 0 Å². The molecule has 0 radical (unpaired) electrons. The lowest BCUT2D eigenvalue weighted by Gasteiger charge is -2.47. The van der Waals surface area contributed by atoms with E-state index in [0.717, 1.165) is 43.0 Å². The van der Waals surface area contributed by atoms with E-state index in [2.05, 4.69) is 40.3 Å². The largest absolute Gasteiger partial charge is 0.352 e. The molecule has 5 heteroatoms. The van der Waals surface area contributed by atoms with Gasteiger partial charge in [-0.15, -0.1) is 0 Å². The summed E-state index contributed by atoms with van der Waals surface area (Å²) in [4.78, 5) is 18.5. The summed E-state index contributed by atoms with van der Waals surface area (Å²) in [6, 6.07) is 7.14. The number of nitrogens with zero attached hydrogens (tertiary/aromatic N) is 1. The maximum Gasteiger partial charge on any atom is 0.225 e. The maximum atomic E-state index is 12.6. The number of benzene rings is 1. The zero-order chi connectivity index (χ0) is 19.3. The first-order valence-electron chi connectivity index (χ1n) is 10.1. The third kappa shape index (κ3) is 3.27. The maximum absolute atomic E-state index is 12.6. The van der Waals surface area contributed by atoms with Crippen molar-refractivity contribution in [2.24, 2.45) is 5.41 Å². The number of fused-ring (bicyclic) bond motifs is 2. The Morgan fingerprint density at radius 1 is 1.37 bits per heavy atom. The molecule has 146 valence electrons. The molecular formula is C22H30ClN3O. The molecule has 4 nitrogen and oxygen atoms in total. The van der Waals surface area contributed by atoms with Crippen molar-refractivity contribution in [3.8, 4) is 0 Å². The lowest BCUT2D eigenvalue weighted by molar-refractivity contribution is -0.129. The third-order valence-electron chi connectivity index (χ3n) is 6.17. The van der Waals surface area contributed by atoms with Gasteiger partial charge in [0.05, 0.1) is 0 Å². The summed E-state index contributed by atoms with van der Waals surface area (Å²) in [6.45, 7) is 10.1. The van der Waals surface area contributed by atoms with Crippen molar-refractivity contribution in [3.05, 3.63) is 34.5 Å². The highest BCUT2D eigenvalue weighted by molar-refractivity contribution is 6.32. The van der Waals surface area contributed by atoms with Crippen molar-refractivity contribution < 1.29 is 4.79 Å². The molecule has 1 aliphatic carbocycles. The molecule has 0 unspecified atom stereocenters. The van der Waals surface area contributed by atoms with E-state index in [4.69, 9.17) is 11.6 Å². The van der Waals surface area contributed by atoms with Crippen molar-refractivity contribution >= 4 is 28.4 Å². The number of H-pyrrole nitrogens is 1. The second-order valence-electron chi connectivity index (χ2n) is 9.22. The predicted octanol–water partition coefficient (Wildman–Crippen LogP) is 4.48. The van der Waals surface area contributed by atoms with Crippen LogP contribution in [-0.2, 0) is 11.2 Å². The van der Waals surface area contributed by atoms with Gasteiger partial charge in [0.1, 0.15) is 5.15 Å². The van der Waals surface area contributed by atoms with Gasteiger partial charge in [0, 0.05) is 40.9 Å². The Morgan fingerprint density at radius 2 is 2.15 bits per heavy atom. The van der Waals surface area contributed by atoms with Crippen LogP contribution < -0.4 is 5.32 Å². The van der Waals surface area contributed by atoms with Crippen LogP contribution in [0.15, 0.2) is 18.2 Å². The fourth-order valence-electron chi connectivity index (χ4n) is 4.89. The van der Waals surface area contributed by atoms with Crippen LogP contribution in [0.1, 0.15) is 57.6 Å². The molecule has 2 aliphatic rings. The zero-order valence-corrected chi connectivity index (χ0v) is 17.5. The predicted molar refractivity (Wildman–Crippen MR) is 111 cm³/mol. The van der Waals surface area contributed by atoms with E-state index < -0.39 is 0 Å². The van der Waals surface area contributed by atoms with Crippen LogP contribution in [0.2, 0.25) is 5.15 Å². The van der Waals surface area contributed by atoms with Crippen molar-refractivity contribution in [2.75, 3.05) is 13.1 Å². The molecule has 0 spiro atoms. The van der Waals surface area contributed by atoms with E-state index in [1.165, 1.54) is 16.5 Å². The average molecular weight is 388 g/mol. The Kier molecular flexibility index (Phi) is 4.76. The van der Waals surface area contributed by atoms with Crippen LogP contribution in [-0.4, -0.2) is 41.0 Å². The second kappa shape index (κ2) is 6.82. The van der Waals surface area contributed by atoms with Crippen LogP contribution in [0.25, 0.3) is 10.9 Å². The quantitative estimate of drug-likeness (QED) is 0.815. The van der Waals surface area contributed by atoms with Crippen LogP contribution in [0.5, 0.6) is 0 Å². The van der Waals surface area contributed by atoms with Crippen molar-refractivity contribution in [1.29, 1.82) is 0 Å². The molecule has 1 aromatic carbocycles. The summed E-state index contributed by atoms with van der Waals surface area (Å²) in [6.07, 6.45) is 3.09. The Balaban J connectivity index is 1.70. The van der Waals surface area contributed by atoms with E-state index in [1.54, 1.807) is 0 Å². The van der Waals surface area contributed by atoms with Crippen LogP contribution in [0.3, 0.4) is 0 Å². The van der Waals surface area contributed by atoms with Crippen molar-refractivity contribution in [1.82, 2.24) is 15.2 Å². The second-order valence-corrected chi connectivity index (χ2v) is 9.59. The first-order valence-corrected chi connectivity index (χ1v) is 10.5. The highest BCUT2D eigenvalue weighted by Crippen LogP contribution is 2.45. The molecule has 3 atom stereocenters. The summed E-state index contributed by atoms with van der Waals surface area (Å²) >= 11 is 6.55. The van der Waals surface area contributed by atoms with Gasteiger partial charge in [-0.3, -0.25) is 9.69 Å². The summed E-state index contributed by atoms with van der Waals surface area (Å²) in [7, 11) is 0. The first-order chi connectivity index (χ1) is 12.8. The number of piperidine rings is 1. The number of hydrogen-bond donors (Lipinski definition) is 2. The molecular weight excluding hydrogens is 358 g/mol. The van der Waals surface area contributed by atoms with Gasteiger partial charge in [0.25, 0.3) is 0 Å². The molecule has 2 aromatic rings.